The number of para-hydroxylation sites is 1. The molecule has 0 saturated heterocycles. The second-order valence-corrected chi connectivity index (χ2v) is 6.65. The number of anilines is 2. The highest BCUT2D eigenvalue weighted by atomic mass is 16.1. The molecule has 2 heterocycles. The number of aryl methyl sites for hydroxylation is 1. The molecule has 0 unspecified atom stereocenters. The van der Waals surface area contributed by atoms with Gasteiger partial charge in [0.05, 0.1) is 11.2 Å². The van der Waals surface area contributed by atoms with Crippen LogP contribution in [0.25, 0.3) is 10.9 Å². The van der Waals surface area contributed by atoms with Gasteiger partial charge in [-0.1, -0.05) is 48.5 Å². The number of nitrogens with zero attached hydrogens (tertiary/aromatic N) is 3. The van der Waals surface area contributed by atoms with Crippen molar-refractivity contribution < 1.29 is 4.79 Å². The first-order chi connectivity index (χ1) is 14.3. The first-order valence-electron chi connectivity index (χ1n) is 9.56. The number of nitrogens with one attached hydrogen (secondary N) is 2. The highest BCUT2D eigenvalue weighted by Gasteiger charge is 2.09. The van der Waals surface area contributed by atoms with E-state index in [1.807, 2.05) is 48.5 Å². The molecule has 0 bridgehead atoms. The minimum atomic E-state index is -0.219. The topological polar surface area (TPSA) is 79.8 Å². The fraction of sp³-hybridized carbons (Fsp3) is 0.130. The van der Waals surface area contributed by atoms with Gasteiger partial charge in [0.1, 0.15) is 0 Å². The van der Waals surface area contributed by atoms with Gasteiger partial charge in [0.15, 0.2) is 11.5 Å². The van der Waals surface area contributed by atoms with E-state index in [0.29, 0.717) is 18.1 Å². The third-order valence-corrected chi connectivity index (χ3v) is 4.56. The molecule has 2 aromatic carbocycles. The second-order valence-electron chi connectivity index (χ2n) is 6.65. The van der Waals surface area contributed by atoms with E-state index < -0.39 is 0 Å². The maximum absolute atomic E-state index is 12.3. The molecule has 0 radical (unpaired) electrons. The van der Waals surface area contributed by atoms with Crippen LogP contribution in [0.1, 0.15) is 22.5 Å². The van der Waals surface area contributed by atoms with Crippen LogP contribution in [-0.2, 0) is 6.42 Å². The minimum Gasteiger partial charge on any atom is -0.351 e. The van der Waals surface area contributed by atoms with Crippen LogP contribution in [0.2, 0.25) is 0 Å². The standard InChI is InChI=1S/C23H21N5O/c29-23(25-16-5-9-17-7-2-1-3-8-17)20-13-14-21(28-27-20)26-19-12-4-10-18-11-6-15-24-22(18)19/h1-4,6-8,10-15H,5,9,16H2,(H,25,29)(H,26,28). The summed E-state index contributed by atoms with van der Waals surface area (Å²) in [5.74, 6) is 0.340. The van der Waals surface area contributed by atoms with Crippen molar-refractivity contribution in [3.8, 4) is 0 Å². The second kappa shape index (κ2) is 8.93. The third-order valence-electron chi connectivity index (χ3n) is 4.56. The Balaban J connectivity index is 1.33. The van der Waals surface area contributed by atoms with E-state index in [-0.39, 0.29) is 5.91 Å². The molecule has 0 aliphatic rings. The zero-order chi connectivity index (χ0) is 19.9. The Hall–Kier alpha value is -3.80. The predicted octanol–water partition coefficient (Wildman–Crippen LogP) is 4.13. The van der Waals surface area contributed by atoms with Gasteiger partial charge in [-0.2, -0.15) is 0 Å². The monoisotopic (exact) mass is 383 g/mol. The van der Waals surface area contributed by atoms with Gasteiger partial charge in [-0.05, 0) is 42.7 Å². The molecule has 0 spiro atoms. The van der Waals surface area contributed by atoms with Crippen molar-refractivity contribution in [3.05, 3.63) is 90.3 Å². The van der Waals surface area contributed by atoms with Crippen molar-refractivity contribution in [2.75, 3.05) is 11.9 Å². The number of amides is 1. The average molecular weight is 383 g/mol. The maximum Gasteiger partial charge on any atom is 0.271 e. The molecule has 0 aliphatic heterocycles. The van der Waals surface area contributed by atoms with Crippen molar-refractivity contribution in [3.63, 3.8) is 0 Å². The molecular formula is C23H21N5O. The summed E-state index contributed by atoms with van der Waals surface area (Å²) in [5, 5.41) is 15.3. The summed E-state index contributed by atoms with van der Waals surface area (Å²) in [6, 6.07) is 23.4. The summed E-state index contributed by atoms with van der Waals surface area (Å²) in [7, 11) is 0. The number of carbonyl (C=O) groups is 1. The van der Waals surface area contributed by atoms with E-state index in [2.05, 4.69) is 37.9 Å². The fourth-order valence-electron chi connectivity index (χ4n) is 3.09. The summed E-state index contributed by atoms with van der Waals surface area (Å²) < 4.78 is 0. The Kier molecular flexibility index (Phi) is 5.71. The highest BCUT2D eigenvalue weighted by molar-refractivity contribution is 5.93. The lowest BCUT2D eigenvalue weighted by Crippen LogP contribution is -2.26. The number of hydrogen-bond donors (Lipinski definition) is 2. The number of rotatable bonds is 7. The van der Waals surface area contributed by atoms with E-state index >= 15 is 0 Å². The Bertz CT molecular complexity index is 1090. The van der Waals surface area contributed by atoms with E-state index in [1.165, 1.54) is 5.56 Å². The van der Waals surface area contributed by atoms with Gasteiger partial charge in [0, 0.05) is 18.1 Å². The zero-order valence-corrected chi connectivity index (χ0v) is 15.9. The van der Waals surface area contributed by atoms with Crippen molar-refractivity contribution in [1.29, 1.82) is 0 Å². The Morgan fingerprint density at radius 1 is 0.862 bits per heavy atom. The molecule has 4 aromatic rings. The molecule has 6 nitrogen and oxygen atoms in total. The van der Waals surface area contributed by atoms with E-state index in [0.717, 1.165) is 29.4 Å². The summed E-state index contributed by atoms with van der Waals surface area (Å²) >= 11 is 0. The molecule has 1 amide bonds. The Morgan fingerprint density at radius 3 is 2.55 bits per heavy atom. The quantitative estimate of drug-likeness (QED) is 0.469. The summed E-state index contributed by atoms with van der Waals surface area (Å²) in [6.45, 7) is 0.594. The molecule has 0 fully saturated rings. The van der Waals surface area contributed by atoms with Gasteiger partial charge in [-0.25, -0.2) is 0 Å². The van der Waals surface area contributed by atoms with Crippen LogP contribution >= 0.6 is 0 Å². The molecule has 2 N–H and O–H groups in total. The van der Waals surface area contributed by atoms with E-state index in [4.69, 9.17) is 0 Å². The minimum absolute atomic E-state index is 0.219. The Labute approximate surface area is 169 Å². The molecule has 2 aromatic heterocycles. The normalized spacial score (nSPS) is 10.6. The number of aromatic nitrogens is 3. The number of carbonyl (C=O) groups excluding carboxylic acids is 1. The van der Waals surface area contributed by atoms with Crippen molar-refractivity contribution in [2.24, 2.45) is 0 Å². The van der Waals surface area contributed by atoms with Crippen LogP contribution in [0.15, 0.2) is 79.0 Å². The molecule has 144 valence electrons. The molecule has 0 atom stereocenters. The van der Waals surface area contributed by atoms with Crippen molar-refractivity contribution in [2.45, 2.75) is 12.8 Å². The third kappa shape index (κ3) is 4.73. The van der Waals surface area contributed by atoms with Crippen LogP contribution in [0.4, 0.5) is 11.5 Å². The number of hydrogen-bond acceptors (Lipinski definition) is 5. The van der Waals surface area contributed by atoms with Crippen molar-refractivity contribution >= 4 is 28.3 Å². The number of pyridine rings is 1. The first-order valence-corrected chi connectivity index (χ1v) is 9.56. The lowest BCUT2D eigenvalue weighted by Gasteiger charge is -2.08. The van der Waals surface area contributed by atoms with Crippen molar-refractivity contribution in [1.82, 2.24) is 20.5 Å². The van der Waals surface area contributed by atoms with E-state index in [9.17, 15) is 4.79 Å². The summed E-state index contributed by atoms with van der Waals surface area (Å²) in [5.41, 5.74) is 3.26. The van der Waals surface area contributed by atoms with Crippen LogP contribution in [0, 0.1) is 0 Å². The van der Waals surface area contributed by atoms with Gasteiger partial charge in [-0.15, -0.1) is 10.2 Å². The van der Waals surface area contributed by atoms with Gasteiger partial charge in [-0.3, -0.25) is 9.78 Å². The maximum atomic E-state index is 12.3. The van der Waals surface area contributed by atoms with Gasteiger partial charge >= 0.3 is 0 Å². The lowest BCUT2D eigenvalue weighted by atomic mass is 10.1. The van der Waals surface area contributed by atoms with Gasteiger partial charge in [0.2, 0.25) is 0 Å². The largest absolute Gasteiger partial charge is 0.351 e. The smallest absolute Gasteiger partial charge is 0.271 e. The number of fused-ring (bicyclic) bond motifs is 1. The average Bonchev–Trinajstić information content (AvgIpc) is 2.78. The lowest BCUT2D eigenvalue weighted by molar-refractivity contribution is 0.0947. The zero-order valence-electron chi connectivity index (χ0n) is 15.9. The Morgan fingerprint density at radius 2 is 1.72 bits per heavy atom. The number of benzene rings is 2. The molecular weight excluding hydrogens is 362 g/mol. The SMILES string of the molecule is O=C(NCCCc1ccccc1)c1ccc(Nc2cccc3cccnc23)nn1. The molecule has 29 heavy (non-hydrogen) atoms. The predicted molar refractivity (Wildman–Crippen MR) is 114 cm³/mol. The molecule has 4 rings (SSSR count). The fourth-order valence-corrected chi connectivity index (χ4v) is 3.09. The molecule has 6 heteroatoms. The molecule has 0 aliphatic carbocycles. The summed E-state index contributed by atoms with van der Waals surface area (Å²) in [4.78, 5) is 16.7. The van der Waals surface area contributed by atoms with Gasteiger partial charge < -0.3 is 10.6 Å². The highest BCUT2D eigenvalue weighted by Crippen LogP contribution is 2.23. The van der Waals surface area contributed by atoms with Crippen LogP contribution in [0.5, 0.6) is 0 Å². The summed E-state index contributed by atoms with van der Waals surface area (Å²) in [6.07, 6.45) is 3.55. The molecule has 0 saturated carbocycles. The van der Waals surface area contributed by atoms with Crippen LogP contribution in [-0.4, -0.2) is 27.6 Å². The first kappa shape index (κ1) is 18.6. The van der Waals surface area contributed by atoms with Crippen LogP contribution < -0.4 is 10.6 Å². The van der Waals surface area contributed by atoms with E-state index in [1.54, 1.807) is 18.3 Å². The van der Waals surface area contributed by atoms with Crippen LogP contribution in [0.3, 0.4) is 0 Å². The van der Waals surface area contributed by atoms with Gasteiger partial charge in [0.25, 0.3) is 5.91 Å².